The van der Waals surface area contributed by atoms with E-state index in [0.29, 0.717) is 0 Å². The Hall–Kier alpha value is -3.79. The van der Waals surface area contributed by atoms with Crippen molar-refractivity contribution in [1.82, 2.24) is 0 Å². The van der Waals surface area contributed by atoms with E-state index >= 15 is 0 Å². The molecule has 4 heteroatoms. The smallest absolute Gasteiger partial charge is 0.258 e. The van der Waals surface area contributed by atoms with Crippen molar-refractivity contribution in [3.05, 3.63) is 107 Å². The summed E-state index contributed by atoms with van der Waals surface area (Å²) in [6.07, 6.45) is 0. The molecule has 0 spiro atoms. The number of rotatable bonds is 4. The van der Waals surface area contributed by atoms with Gasteiger partial charge in [0, 0.05) is 17.7 Å². The van der Waals surface area contributed by atoms with Crippen molar-refractivity contribution >= 4 is 5.69 Å². The van der Waals surface area contributed by atoms with E-state index in [-0.39, 0.29) is 10.6 Å². The standard InChI is InChI=1S/C24H18NO3/c1-17-22(18-12-14-21(15-13-18)25(26)27)16-23(19-8-4-2-5-9-19)28-24(17)20-10-6-3-7-11-20/h2-16H,1H3/q+1. The summed E-state index contributed by atoms with van der Waals surface area (Å²) >= 11 is 0. The first-order valence-corrected chi connectivity index (χ1v) is 8.97. The molecule has 0 unspecified atom stereocenters. The second-order valence-corrected chi connectivity index (χ2v) is 6.51. The van der Waals surface area contributed by atoms with E-state index < -0.39 is 0 Å². The van der Waals surface area contributed by atoms with Gasteiger partial charge in [-0.2, -0.15) is 0 Å². The number of hydrogen-bond acceptors (Lipinski definition) is 2. The maximum Gasteiger partial charge on any atom is 0.364 e. The minimum atomic E-state index is -0.387. The second kappa shape index (κ2) is 7.45. The Morgan fingerprint density at radius 1 is 0.750 bits per heavy atom. The van der Waals surface area contributed by atoms with Gasteiger partial charge in [-0.15, -0.1) is 0 Å². The fourth-order valence-corrected chi connectivity index (χ4v) is 3.25. The van der Waals surface area contributed by atoms with E-state index in [1.807, 2.05) is 73.7 Å². The highest BCUT2D eigenvalue weighted by molar-refractivity contribution is 5.79. The molecule has 1 heterocycles. The molecule has 136 valence electrons. The lowest BCUT2D eigenvalue weighted by Gasteiger charge is -2.06. The highest BCUT2D eigenvalue weighted by atomic mass is 16.6. The van der Waals surface area contributed by atoms with Gasteiger partial charge in [-0.1, -0.05) is 36.4 Å². The number of hydrogen-bond donors (Lipinski definition) is 0. The van der Waals surface area contributed by atoms with Crippen molar-refractivity contribution < 1.29 is 9.34 Å². The van der Waals surface area contributed by atoms with Crippen LogP contribution in [-0.2, 0) is 0 Å². The molecule has 28 heavy (non-hydrogen) atoms. The minimum Gasteiger partial charge on any atom is -0.258 e. The van der Waals surface area contributed by atoms with Gasteiger partial charge in [-0.05, 0) is 48.9 Å². The zero-order valence-electron chi connectivity index (χ0n) is 15.3. The first-order chi connectivity index (χ1) is 13.6. The molecule has 1 aromatic heterocycles. The molecule has 4 rings (SSSR count). The molecule has 0 aliphatic heterocycles. The van der Waals surface area contributed by atoms with Crippen LogP contribution >= 0.6 is 0 Å². The molecule has 3 aromatic carbocycles. The van der Waals surface area contributed by atoms with Crippen LogP contribution in [0, 0.1) is 17.0 Å². The van der Waals surface area contributed by atoms with Gasteiger partial charge in [0.25, 0.3) is 5.69 Å². The monoisotopic (exact) mass is 368 g/mol. The molecule has 0 N–H and O–H groups in total. The van der Waals surface area contributed by atoms with Crippen LogP contribution < -0.4 is 0 Å². The van der Waals surface area contributed by atoms with Crippen molar-refractivity contribution in [3.8, 4) is 33.8 Å². The van der Waals surface area contributed by atoms with Gasteiger partial charge < -0.3 is 0 Å². The summed E-state index contributed by atoms with van der Waals surface area (Å²) in [5.74, 6) is 1.54. The van der Waals surface area contributed by atoms with Gasteiger partial charge in [-0.3, -0.25) is 10.1 Å². The van der Waals surface area contributed by atoms with E-state index in [1.165, 1.54) is 12.1 Å². The first-order valence-electron chi connectivity index (χ1n) is 8.97. The van der Waals surface area contributed by atoms with Gasteiger partial charge in [-0.25, -0.2) is 4.42 Å². The lowest BCUT2D eigenvalue weighted by molar-refractivity contribution is -0.384. The number of nitro groups is 1. The van der Waals surface area contributed by atoms with Gasteiger partial charge in [0.1, 0.15) is 0 Å². The molecule has 0 aliphatic carbocycles. The van der Waals surface area contributed by atoms with Crippen LogP contribution in [-0.4, -0.2) is 4.92 Å². The molecule has 0 aliphatic rings. The van der Waals surface area contributed by atoms with Crippen LogP contribution in [0.1, 0.15) is 5.56 Å². The van der Waals surface area contributed by atoms with E-state index in [0.717, 1.165) is 39.3 Å². The molecule has 0 saturated heterocycles. The Morgan fingerprint density at radius 3 is 1.89 bits per heavy atom. The van der Waals surface area contributed by atoms with E-state index in [9.17, 15) is 10.1 Å². The average molecular weight is 368 g/mol. The lowest BCUT2D eigenvalue weighted by atomic mass is 9.96. The Labute approximate surface area is 162 Å². The topological polar surface area (TPSA) is 54.4 Å². The van der Waals surface area contributed by atoms with Gasteiger partial charge in [0.05, 0.1) is 27.7 Å². The third-order valence-electron chi connectivity index (χ3n) is 4.72. The summed E-state index contributed by atoms with van der Waals surface area (Å²) in [6.45, 7) is 2.01. The zero-order valence-corrected chi connectivity index (χ0v) is 15.3. The molecule has 0 bridgehead atoms. The highest BCUT2D eigenvalue weighted by Crippen LogP contribution is 2.37. The molecular weight excluding hydrogens is 350 g/mol. The van der Waals surface area contributed by atoms with Crippen molar-refractivity contribution in [2.75, 3.05) is 0 Å². The van der Waals surface area contributed by atoms with Crippen molar-refractivity contribution in [2.24, 2.45) is 0 Å². The molecule has 0 atom stereocenters. The van der Waals surface area contributed by atoms with Crippen LogP contribution in [0.25, 0.3) is 33.8 Å². The quantitative estimate of drug-likeness (QED) is 0.227. The van der Waals surface area contributed by atoms with Crippen LogP contribution in [0.5, 0.6) is 0 Å². The van der Waals surface area contributed by atoms with Crippen LogP contribution in [0.2, 0.25) is 0 Å². The summed E-state index contributed by atoms with van der Waals surface area (Å²) in [5.41, 5.74) is 4.92. The van der Waals surface area contributed by atoms with Gasteiger partial charge in [0.15, 0.2) is 0 Å². The Kier molecular flexibility index (Phi) is 4.68. The molecule has 0 radical (unpaired) electrons. The number of nitro benzene ring substituents is 1. The van der Waals surface area contributed by atoms with E-state index in [2.05, 4.69) is 0 Å². The van der Waals surface area contributed by atoms with E-state index in [1.54, 1.807) is 12.1 Å². The summed E-state index contributed by atoms with van der Waals surface area (Å²) in [5, 5.41) is 11.0. The summed E-state index contributed by atoms with van der Waals surface area (Å²) in [6, 6.07) is 28.5. The van der Waals surface area contributed by atoms with Crippen molar-refractivity contribution in [1.29, 1.82) is 0 Å². The third-order valence-corrected chi connectivity index (χ3v) is 4.72. The minimum absolute atomic E-state index is 0.0774. The normalized spacial score (nSPS) is 10.6. The Bertz CT molecular complexity index is 1120. The first kappa shape index (κ1) is 17.6. The number of benzene rings is 3. The van der Waals surface area contributed by atoms with Crippen molar-refractivity contribution in [2.45, 2.75) is 6.92 Å². The predicted molar refractivity (Wildman–Crippen MR) is 111 cm³/mol. The highest BCUT2D eigenvalue weighted by Gasteiger charge is 2.25. The molecule has 4 nitrogen and oxygen atoms in total. The molecule has 0 amide bonds. The largest absolute Gasteiger partial charge is 0.364 e. The van der Waals surface area contributed by atoms with Gasteiger partial charge >= 0.3 is 11.5 Å². The summed E-state index contributed by atoms with van der Waals surface area (Å²) in [4.78, 5) is 10.6. The fraction of sp³-hybridized carbons (Fsp3) is 0.0417. The third kappa shape index (κ3) is 3.40. The Balaban J connectivity index is 1.93. The molecular formula is C24H18NO3+. The lowest BCUT2D eigenvalue weighted by Crippen LogP contribution is -1.92. The average Bonchev–Trinajstić information content (AvgIpc) is 2.75. The van der Waals surface area contributed by atoms with Gasteiger partial charge in [0.2, 0.25) is 0 Å². The molecule has 0 fully saturated rings. The molecule has 0 saturated carbocycles. The van der Waals surface area contributed by atoms with Crippen LogP contribution in [0.3, 0.4) is 0 Å². The van der Waals surface area contributed by atoms with E-state index in [4.69, 9.17) is 4.42 Å². The fourth-order valence-electron chi connectivity index (χ4n) is 3.25. The zero-order chi connectivity index (χ0) is 19.5. The molecule has 4 aromatic rings. The Morgan fingerprint density at radius 2 is 1.32 bits per heavy atom. The number of non-ortho nitro benzene ring substituents is 1. The van der Waals surface area contributed by atoms with Crippen LogP contribution in [0.15, 0.2) is 95.4 Å². The maximum absolute atomic E-state index is 11.0. The van der Waals surface area contributed by atoms with Crippen molar-refractivity contribution in [3.63, 3.8) is 0 Å². The summed E-state index contributed by atoms with van der Waals surface area (Å²) in [7, 11) is 0. The number of nitrogens with zero attached hydrogens (tertiary/aromatic N) is 1. The second-order valence-electron chi connectivity index (χ2n) is 6.51. The summed E-state index contributed by atoms with van der Waals surface area (Å²) < 4.78 is 6.30. The van der Waals surface area contributed by atoms with Crippen LogP contribution in [0.4, 0.5) is 5.69 Å². The SMILES string of the molecule is Cc1c(-c2ccc([N+](=O)[O-])cc2)cc(-c2ccccc2)[o+]c1-c1ccccc1. The maximum atomic E-state index is 11.0. The predicted octanol–water partition coefficient (Wildman–Crippen LogP) is 6.78.